The Morgan fingerprint density at radius 3 is 2.60 bits per heavy atom. The molecule has 0 radical (unpaired) electrons. The van der Waals surface area contributed by atoms with Gasteiger partial charge in [-0.2, -0.15) is 0 Å². The first kappa shape index (κ1) is 14.7. The summed E-state index contributed by atoms with van der Waals surface area (Å²) in [7, 11) is 0. The molecule has 4 nitrogen and oxygen atoms in total. The molecule has 0 aromatic heterocycles. The van der Waals surface area contributed by atoms with E-state index in [1.54, 1.807) is 6.92 Å². The van der Waals surface area contributed by atoms with Crippen molar-refractivity contribution in [3.05, 3.63) is 35.9 Å². The monoisotopic (exact) mass is 275 g/mol. The Labute approximate surface area is 119 Å². The lowest BCUT2D eigenvalue weighted by atomic mass is 9.91. The van der Waals surface area contributed by atoms with Gasteiger partial charge in [-0.25, -0.2) is 0 Å². The largest absolute Gasteiger partial charge is 0.462 e. The highest BCUT2D eigenvalue weighted by Gasteiger charge is 2.48. The predicted molar refractivity (Wildman–Crippen MR) is 76.1 cm³/mol. The van der Waals surface area contributed by atoms with Crippen molar-refractivity contribution in [1.29, 1.82) is 0 Å². The summed E-state index contributed by atoms with van der Waals surface area (Å²) in [5.74, 6) is -0.514. The number of aldehydes is 1. The molecular weight excluding hydrogens is 254 g/mol. The number of carbonyl (C=O) groups excluding carboxylic acids is 2. The molecule has 0 aliphatic carbocycles. The van der Waals surface area contributed by atoms with Crippen LogP contribution in [0.5, 0.6) is 0 Å². The first-order valence-electron chi connectivity index (χ1n) is 6.95. The molecule has 108 valence electrons. The lowest BCUT2D eigenvalue weighted by Gasteiger charge is -2.25. The van der Waals surface area contributed by atoms with Crippen LogP contribution in [0, 0.1) is 5.92 Å². The molecule has 1 saturated heterocycles. The van der Waals surface area contributed by atoms with Crippen LogP contribution in [0.25, 0.3) is 0 Å². The molecule has 0 unspecified atom stereocenters. The summed E-state index contributed by atoms with van der Waals surface area (Å²) < 4.78 is 5.30. The van der Waals surface area contributed by atoms with E-state index >= 15 is 0 Å². The Bertz CT molecular complexity index is 486. The van der Waals surface area contributed by atoms with Crippen LogP contribution in [-0.2, 0) is 14.3 Å². The normalized spacial score (nSPS) is 29.4. The first-order chi connectivity index (χ1) is 9.46. The van der Waals surface area contributed by atoms with E-state index in [0.717, 1.165) is 11.8 Å². The van der Waals surface area contributed by atoms with Gasteiger partial charge < -0.3 is 9.53 Å². The highest BCUT2D eigenvalue weighted by Crippen LogP contribution is 2.37. The number of esters is 1. The van der Waals surface area contributed by atoms with E-state index < -0.39 is 5.54 Å². The number of benzene rings is 1. The van der Waals surface area contributed by atoms with E-state index in [1.807, 2.05) is 44.2 Å². The summed E-state index contributed by atoms with van der Waals surface area (Å²) in [6, 6.07) is 9.59. The summed E-state index contributed by atoms with van der Waals surface area (Å²) >= 11 is 0. The first-order valence-corrected chi connectivity index (χ1v) is 6.95. The van der Waals surface area contributed by atoms with E-state index in [1.165, 1.54) is 0 Å². The smallest absolute Gasteiger partial charge is 0.326 e. The van der Waals surface area contributed by atoms with Gasteiger partial charge in [0, 0.05) is 12.0 Å². The summed E-state index contributed by atoms with van der Waals surface area (Å²) in [6.45, 7) is 5.45. The average Bonchev–Trinajstić information content (AvgIpc) is 2.78. The minimum Gasteiger partial charge on any atom is -0.462 e. The summed E-state index contributed by atoms with van der Waals surface area (Å²) in [4.78, 5) is 23.5. The average molecular weight is 275 g/mol. The third-order valence-electron chi connectivity index (χ3n) is 3.67. The minimum absolute atomic E-state index is 0.140. The molecule has 0 saturated carbocycles. The molecule has 0 spiro atoms. The Kier molecular flexibility index (Phi) is 4.23. The van der Waals surface area contributed by atoms with Gasteiger partial charge in [-0.05, 0) is 32.8 Å². The quantitative estimate of drug-likeness (QED) is 0.676. The zero-order valence-electron chi connectivity index (χ0n) is 12.1. The molecule has 1 N–H and O–H groups in total. The van der Waals surface area contributed by atoms with Crippen LogP contribution in [0.1, 0.15) is 38.8 Å². The molecule has 0 amide bonds. The van der Waals surface area contributed by atoms with E-state index in [-0.39, 0.29) is 24.0 Å². The van der Waals surface area contributed by atoms with Gasteiger partial charge in [0.2, 0.25) is 0 Å². The van der Waals surface area contributed by atoms with Gasteiger partial charge in [-0.3, -0.25) is 10.1 Å². The van der Waals surface area contributed by atoms with Gasteiger partial charge in [0.25, 0.3) is 0 Å². The summed E-state index contributed by atoms with van der Waals surface area (Å²) in [5.41, 5.74) is 0.210. The maximum absolute atomic E-state index is 12.2. The number of hydrogen-bond acceptors (Lipinski definition) is 4. The number of hydrogen-bond donors (Lipinski definition) is 1. The van der Waals surface area contributed by atoms with Gasteiger partial charge in [-0.15, -0.1) is 0 Å². The topological polar surface area (TPSA) is 55.4 Å². The molecule has 1 aromatic rings. The fourth-order valence-electron chi connectivity index (χ4n) is 2.70. The molecule has 1 heterocycles. The van der Waals surface area contributed by atoms with Crippen molar-refractivity contribution in [3.8, 4) is 0 Å². The number of carbonyl (C=O) groups is 2. The summed E-state index contributed by atoms with van der Waals surface area (Å²) in [6.07, 6.45) is 1.23. The predicted octanol–water partition coefficient (Wildman–Crippen LogP) is 2.25. The fraction of sp³-hybridized carbons (Fsp3) is 0.500. The van der Waals surface area contributed by atoms with Gasteiger partial charge in [0.15, 0.2) is 0 Å². The maximum Gasteiger partial charge on any atom is 0.326 e. The highest BCUT2D eigenvalue weighted by atomic mass is 16.5. The molecule has 1 aromatic carbocycles. The number of ether oxygens (including phenoxy) is 1. The van der Waals surface area contributed by atoms with Crippen LogP contribution in [-0.4, -0.2) is 23.9 Å². The molecule has 4 heteroatoms. The second-order valence-electron chi connectivity index (χ2n) is 5.82. The molecule has 3 atom stereocenters. The second-order valence-corrected chi connectivity index (χ2v) is 5.82. The van der Waals surface area contributed by atoms with Crippen LogP contribution in [0.3, 0.4) is 0 Å². The molecular formula is C16H21NO3. The van der Waals surface area contributed by atoms with E-state index in [0.29, 0.717) is 6.42 Å². The molecule has 20 heavy (non-hydrogen) atoms. The molecule has 1 fully saturated rings. The SMILES string of the molecule is CC(C)OC(=O)[C@]1(C)C[C@@H](C=O)[C@H](c2ccccc2)N1. The Morgan fingerprint density at radius 2 is 2.05 bits per heavy atom. The van der Waals surface area contributed by atoms with Gasteiger partial charge in [0.1, 0.15) is 11.8 Å². The van der Waals surface area contributed by atoms with E-state index in [2.05, 4.69) is 5.32 Å². The van der Waals surface area contributed by atoms with Crippen molar-refractivity contribution in [1.82, 2.24) is 5.32 Å². The standard InChI is InChI=1S/C16H21NO3/c1-11(2)20-15(19)16(3)9-13(10-18)14(17-16)12-7-5-4-6-8-12/h4-8,10-11,13-14,17H,9H2,1-3H3/t13-,14-,16-/m0/s1. The van der Waals surface area contributed by atoms with Crippen molar-refractivity contribution in [3.63, 3.8) is 0 Å². The minimum atomic E-state index is -0.809. The van der Waals surface area contributed by atoms with Crippen molar-refractivity contribution in [2.45, 2.75) is 44.9 Å². The molecule has 1 aliphatic heterocycles. The van der Waals surface area contributed by atoms with Crippen LogP contribution < -0.4 is 5.32 Å². The van der Waals surface area contributed by atoms with E-state index in [9.17, 15) is 9.59 Å². The Balaban J connectivity index is 2.21. The lowest BCUT2D eigenvalue weighted by molar-refractivity contribution is -0.154. The van der Waals surface area contributed by atoms with Crippen molar-refractivity contribution < 1.29 is 14.3 Å². The van der Waals surface area contributed by atoms with Crippen LogP contribution in [0.4, 0.5) is 0 Å². The Morgan fingerprint density at radius 1 is 1.40 bits per heavy atom. The van der Waals surface area contributed by atoms with Crippen LogP contribution in [0.15, 0.2) is 30.3 Å². The number of rotatable bonds is 4. The summed E-state index contributed by atoms with van der Waals surface area (Å²) in [5, 5.41) is 3.28. The Hall–Kier alpha value is -1.68. The van der Waals surface area contributed by atoms with Gasteiger partial charge in [-0.1, -0.05) is 30.3 Å². The van der Waals surface area contributed by atoms with Crippen LogP contribution >= 0.6 is 0 Å². The third-order valence-corrected chi connectivity index (χ3v) is 3.67. The zero-order valence-corrected chi connectivity index (χ0v) is 12.1. The highest BCUT2D eigenvalue weighted by molar-refractivity contribution is 5.82. The van der Waals surface area contributed by atoms with Crippen molar-refractivity contribution >= 4 is 12.3 Å². The molecule has 2 rings (SSSR count). The fourth-order valence-corrected chi connectivity index (χ4v) is 2.70. The van der Waals surface area contributed by atoms with Crippen molar-refractivity contribution in [2.24, 2.45) is 5.92 Å². The van der Waals surface area contributed by atoms with Crippen molar-refractivity contribution in [2.75, 3.05) is 0 Å². The lowest BCUT2D eigenvalue weighted by Crippen LogP contribution is -2.47. The van der Waals surface area contributed by atoms with Gasteiger partial charge >= 0.3 is 5.97 Å². The number of nitrogens with one attached hydrogen (secondary N) is 1. The zero-order chi connectivity index (χ0) is 14.8. The molecule has 0 bridgehead atoms. The second kappa shape index (κ2) is 5.75. The maximum atomic E-state index is 12.2. The van der Waals surface area contributed by atoms with Gasteiger partial charge in [0.05, 0.1) is 6.10 Å². The molecule has 1 aliphatic rings. The third kappa shape index (κ3) is 2.90. The van der Waals surface area contributed by atoms with Crippen LogP contribution in [0.2, 0.25) is 0 Å². The van der Waals surface area contributed by atoms with E-state index in [4.69, 9.17) is 4.74 Å².